The predicted octanol–water partition coefficient (Wildman–Crippen LogP) is 1.59. The van der Waals surface area contributed by atoms with Crippen LogP contribution in [0.5, 0.6) is 0 Å². The van der Waals surface area contributed by atoms with Gasteiger partial charge in [-0.05, 0) is 12.0 Å². The molecular formula is C12H19NO. The standard InChI is InChI=1S/C12H19NO/c1-10(2)13-12(9-14)8-11-6-4-3-5-7-11/h3-7,10,12-14H,8-9H2,1-2H3/t12-/m1/s1. The molecule has 14 heavy (non-hydrogen) atoms. The fourth-order valence-electron chi connectivity index (χ4n) is 1.55. The number of benzene rings is 1. The van der Waals surface area contributed by atoms with E-state index in [1.165, 1.54) is 5.56 Å². The molecule has 0 heterocycles. The summed E-state index contributed by atoms with van der Waals surface area (Å²) in [6.07, 6.45) is 0.884. The molecule has 0 spiro atoms. The summed E-state index contributed by atoms with van der Waals surface area (Å²) in [7, 11) is 0. The van der Waals surface area contributed by atoms with Gasteiger partial charge in [-0.2, -0.15) is 0 Å². The highest BCUT2D eigenvalue weighted by molar-refractivity contribution is 5.15. The van der Waals surface area contributed by atoms with E-state index < -0.39 is 0 Å². The summed E-state index contributed by atoms with van der Waals surface area (Å²) in [5.74, 6) is 0. The Kier molecular flexibility index (Phi) is 4.63. The van der Waals surface area contributed by atoms with Crippen molar-refractivity contribution >= 4 is 0 Å². The Bertz CT molecular complexity index is 246. The van der Waals surface area contributed by atoms with E-state index >= 15 is 0 Å². The van der Waals surface area contributed by atoms with Crippen LogP contribution in [-0.4, -0.2) is 23.8 Å². The zero-order valence-electron chi connectivity index (χ0n) is 8.90. The first-order chi connectivity index (χ1) is 6.72. The number of nitrogens with one attached hydrogen (secondary N) is 1. The predicted molar refractivity (Wildman–Crippen MR) is 59.3 cm³/mol. The Labute approximate surface area is 86.0 Å². The number of aliphatic hydroxyl groups excluding tert-OH is 1. The first-order valence-corrected chi connectivity index (χ1v) is 5.13. The molecule has 0 aliphatic carbocycles. The molecule has 0 aromatic heterocycles. The van der Waals surface area contributed by atoms with E-state index in [0.717, 1.165) is 6.42 Å². The van der Waals surface area contributed by atoms with Crippen LogP contribution in [0.3, 0.4) is 0 Å². The van der Waals surface area contributed by atoms with Crippen molar-refractivity contribution in [3.8, 4) is 0 Å². The maximum atomic E-state index is 9.17. The highest BCUT2D eigenvalue weighted by Gasteiger charge is 2.08. The van der Waals surface area contributed by atoms with Crippen molar-refractivity contribution in [2.24, 2.45) is 0 Å². The van der Waals surface area contributed by atoms with Crippen LogP contribution in [0.2, 0.25) is 0 Å². The number of hydrogen-bond donors (Lipinski definition) is 2. The van der Waals surface area contributed by atoms with Crippen molar-refractivity contribution in [1.29, 1.82) is 0 Å². The molecule has 0 aliphatic heterocycles. The van der Waals surface area contributed by atoms with E-state index in [-0.39, 0.29) is 12.6 Å². The molecule has 0 radical (unpaired) electrons. The van der Waals surface area contributed by atoms with Crippen molar-refractivity contribution in [2.45, 2.75) is 32.4 Å². The van der Waals surface area contributed by atoms with Crippen LogP contribution < -0.4 is 5.32 Å². The van der Waals surface area contributed by atoms with Crippen LogP contribution in [0.1, 0.15) is 19.4 Å². The first kappa shape index (κ1) is 11.2. The van der Waals surface area contributed by atoms with Crippen LogP contribution >= 0.6 is 0 Å². The maximum Gasteiger partial charge on any atom is 0.0587 e. The summed E-state index contributed by atoms with van der Waals surface area (Å²) in [6, 6.07) is 10.8. The van der Waals surface area contributed by atoms with Gasteiger partial charge in [0.25, 0.3) is 0 Å². The zero-order chi connectivity index (χ0) is 10.4. The highest BCUT2D eigenvalue weighted by Crippen LogP contribution is 2.03. The summed E-state index contributed by atoms with van der Waals surface area (Å²) in [5.41, 5.74) is 1.26. The third-order valence-electron chi connectivity index (χ3n) is 2.11. The van der Waals surface area contributed by atoms with E-state index in [4.69, 9.17) is 0 Å². The zero-order valence-corrected chi connectivity index (χ0v) is 8.90. The highest BCUT2D eigenvalue weighted by atomic mass is 16.3. The molecule has 2 N–H and O–H groups in total. The van der Waals surface area contributed by atoms with Gasteiger partial charge in [-0.15, -0.1) is 0 Å². The Balaban J connectivity index is 2.48. The van der Waals surface area contributed by atoms with Crippen molar-refractivity contribution < 1.29 is 5.11 Å². The van der Waals surface area contributed by atoms with Gasteiger partial charge in [0, 0.05) is 12.1 Å². The van der Waals surface area contributed by atoms with Gasteiger partial charge < -0.3 is 10.4 Å². The Morgan fingerprint density at radius 2 is 1.86 bits per heavy atom. The van der Waals surface area contributed by atoms with Crippen molar-refractivity contribution in [3.63, 3.8) is 0 Å². The van der Waals surface area contributed by atoms with Crippen LogP contribution in [0.4, 0.5) is 0 Å². The van der Waals surface area contributed by atoms with E-state index in [0.29, 0.717) is 6.04 Å². The maximum absolute atomic E-state index is 9.17. The van der Waals surface area contributed by atoms with E-state index in [1.807, 2.05) is 18.2 Å². The van der Waals surface area contributed by atoms with Gasteiger partial charge in [-0.1, -0.05) is 44.2 Å². The SMILES string of the molecule is CC(C)N[C@@H](CO)Cc1ccccc1. The molecule has 0 bridgehead atoms. The smallest absolute Gasteiger partial charge is 0.0587 e. The molecule has 2 nitrogen and oxygen atoms in total. The molecule has 0 fully saturated rings. The molecule has 1 atom stereocenters. The minimum atomic E-state index is 0.164. The summed E-state index contributed by atoms with van der Waals surface area (Å²) in [4.78, 5) is 0. The Morgan fingerprint density at radius 3 is 2.36 bits per heavy atom. The Morgan fingerprint density at radius 1 is 1.21 bits per heavy atom. The van der Waals surface area contributed by atoms with E-state index in [2.05, 4.69) is 31.3 Å². The minimum absolute atomic E-state index is 0.164. The quantitative estimate of drug-likeness (QED) is 0.744. The second-order valence-corrected chi connectivity index (χ2v) is 3.89. The lowest BCUT2D eigenvalue weighted by molar-refractivity contribution is 0.234. The van der Waals surface area contributed by atoms with Crippen molar-refractivity contribution in [1.82, 2.24) is 5.32 Å². The van der Waals surface area contributed by atoms with Gasteiger partial charge in [0.05, 0.1) is 6.61 Å². The van der Waals surface area contributed by atoms with Gasteiger partial charge in [0.1, 0.15) is 0 Å². The molecule has 2 heteroatoms. The first-order valence-electron chi connectivity index (χ1n) is 5.13. The summed E-state index contributed by atoms with van der Waals surface area (Å²) >= 11 is 0. The van der Waals surface area contributed by atoms with Gasteiger partial charge >= 0.3 is 0 Å². The van der Waals surface area contributed by atoms with Crippen LogP contribution in [0, 0.1) is 0 Å². The summed E-state index contributed by atoms with van der Waals surface area (Å²) < 4.78 is 0. The fourth-order valence-corrected chi connectivity index (χ4v) is 1.55. The van der Waals surface area contributed by atoms with Crippen molar-refractivity contribution in [2.75, 3.05) is 6.61 Å². The molecule has 0 saturated heterocycles. The van der Waals surface area contributed by atoms with Gasteiger partial charge in [-0.3, -0.25) is 0 Å². The lowest BCUT2D eigenvalue weighted by Gasteiger charge is -2.18. The average molecular weight is 193 g/mol. The third kappa shape index (κ3) is 3.90. The molecule has 1 aromatic rings. The monoisotopic (exact) mass is 193 g/mol. The molecule has 0 amide bonds. The summed E-state index contributed by atoms with van der Waals surface area (Å²) in [5, 5.41) is 12.5. The molecule has 1 aromatic carbocycles. The molecule has 1 rings (SSSR count). The normalized spacial score (nSPS) is 13.1. The Hall–Kier alpha value is -0.860. The molecule has 0 saturated carbocycles. The fraction of sp³-hybridized carbons (Fsp3) is 0.500. The van der Waals surface area contributed by atoms with Crippen molar-refractivity contribution in [3.05, 3.63) is 35.9 Å². The second kappa shape index (κ2) is 5.78. The van der Waals surface area contributed by atoms with Gasteiger partial charge in [0.15, 0.2) is 0 Å². The third-order valence-corrected chi connectivity index (χ3v) is 2.11. The molecule has 0 aliphatic rings. The number of aliphatic hydroxyl groups is 1. The minimum Gasteiger partial charge on any atom is -0.395 e. The van der Waals surface area contributed by atoms with E-state index in [1.54, 1.807) is 0 Å². The lowest BCUT2D eigenvalue weighted by atomic mass is 10.1. The van der Waals surface area contributed by atoms with Crippen LogP contribution in [0.15, 0.2) is 30.3 Å². The second-order valence-electron chi connectivity index (χ2n) is 3.89. The molecule has 0 unspecified atom stereocenters. The topological polar surface area (TPSA) is 32.3 Å². The molecule has 78 valence electrons. The van der Waals surface area contributed by atoms with Crippen LogP contribution in [-0.2, 0) is 6.42 Å². The van der Waals surface area contributed by atoms with Gasteiger partial charge in [0.2, 0.25) is 0 Å². The number of hydrogen-bond acceptors (Lipinski definition) is 2. The van der Waals surface area contributed by atoms with Crippen LogP contribution in [0.25, 0.3) is 0 Å². The van der Waals surface area contributed by atoms with E-state index in [9.17, 15) is 5.11 Å². The average Bonchev–Trinajstić information content (AvgIpc) is 2.17. The molecular weight excluding hydrogens is 174 g/mol. The largest absolute Gasteiger partial charge is 0.395 e. The lowest BCUT2D eigenvalue weighted by Crippen LogP contribution is -2.39. The number of rotatable bonds is 5. The summed E-state index contributed by atoms with van der Waals surface area (Å²) in [6.45, 7) is 4.37. The van der Waals surface area contributed by atoms with Gasteiger partial charge in [-0.25, -0.2) is 0 Å².